The lowest BCUT2D eigenvalue weighted by molar-refractivity contribution is 0.112. The van der Waals surface area contributed by atoms with Crippen LogP contribution in [0.2, 0.25) is 0 Å². The molecule has 9 aromatic carbocycles. The number of ether oxygens (including phenoxy) is 4. The van der Waals surface area contributed by atoms with Gasteiger partial charge in [0.2, 0.25) is 0 Å². The van der Waals surface area contributed by atoms with E-state index in [2.05, 4.69) is 44.9 Å². The Hall–Kier alpha value is -11.7. The van der Waals surface area contributed by atoms with Crippen LogP contribution in [0.5, 0.6) is 40.2 Å². The van der Waals surface area contributed by atoms with E-state index in [1.54, 1.807) is 77.0 Å². The standard InChI is InChI=1S/2C23H19N3O3.C22H15N3O2/c1-28-19-13-7-4-10-16(19)22-24-21(15-9-3-6-12-18(15)27)25-23(26-22)17-11-5-8-14-20(17)29-2;1-28-16-13-11-15(12-14-16)21-24-22(17-7-3-5-9-19(17)27)26-23(25-21)18-8-4-6-10-20(18)29-2;26-14-15-11-12-18(19(27)13-15)22-24-20(16-7-3-1-4-8-16)23-21(25-22)17-9-5-2-6-10-17/h2*3-14,27H,1-2H3;1-14,27H. The number of methoxy groups -OCH3 is 4. The second kappa shape index (κ2) is 26.7. The first-order valence-corrected chi connectivity index (χ1v) is 26.4. The lowest BCUT2D eigenvalue weighted by Crippen LogP contribution is -2.02. The van der Waals surface area contributed by atoms with E-state index in [9.17, 15) is 20.1 Å². The zero-order valence-electron chi connectivity index (χ0n) is 46.3. The third-order valence-corrected chi connectivity index (χ3v) is 13.1. The van der Waals surface area contributed by atoms with Crippen LogP contribution < -0.4 is 18.9 Å². The molecule has 85 heavy (non-hydrogen) atoms. The molecule has 3 heterocycles. The van der Waals surface area contributed by atoms with Crippen LogP contribution in [0, 0.1) is 0 Å². The van der Waals surface area contributed by atoms with Crippen LogP contribution in [-0.2, 0) is 0 Å². The second-order valence-electron chi connectivity index (χ2n) is 18.4. The van der Waals surface area contributed by atoms with Crippen molar-refractivity contribution in [2.45, 2.75) is 0 Å². The minimum atomic E-state index is -0.0520. The predicted octanol–water partition coefficient (Wildman–Crippen LogP) is 13.6. The smallest absolute Gasteiger partial charge is 0.167 e. The molecule has 12 rings (SSSR count). The summed E-state index contributed by atoms with van der Waals surface area (Å²) in [5.41, 5.74) is 6.57. The Morgan fingerprint density at radius 3 is 0.918 bits per heavy atom. The van der Waals surface area contributed by atoms with Crippen molar-refractivity contribution in [2.24, 2.45) is 0 Å². The molecule has 0 saturated heterocycles. The number of hydrogen-bond acceptors (Lipinski definition) is 17. The lowest BCUT2D eigenvalue weighted by atomic mass is 10.1. The largest absolute Gasteiger partial charge is 0.507 e. The Morgan fingerprint density at radius 2 is 0.576 bits per heavy atom. The molecule has 0 saturated carbocycles. The van der Waals surface area contributed by atoms with Crippen LogP contribution in [0.15, 0.2) is 224 Å². The van der Waals surface area contributed by atoms with Crippen LogP contribution >= 0.6 is 0 Å². The minimum absolute atomic E-state index is 0.0520. The molecule has 0 atom stereocenters. The van der Waals surface area contributed by atoms with Crippen LogP contribution in [0.25, 0.3) is 102 Å². The van der Waals surface area contributed by atoms with E-state index >= 15 is 0 Å². The first-order chi connectivity index (χ1) is 41.6. The van der Waals surface area contributed by atoms with Crippen LogP contribution in [-0.4, -0.2) is 94.9 Å². The zero-order chi connectivity index (χ0) is 59.1. The Kier molecular flexibility index (Phi) is 17.8. The van der Waals surface area contributed by atoms with Gasteiger partial charge in [-0.2, -0.15) is 0 Å². The fourth-order valence-electron chi connectivity index (χ4n) is 8.78. The average molecular weight is 1120 g/mol. The number of phenolic OH excluding ortho intramolecular Hbond substituents is 3. The van der Waals surface area contributed by atoms with Crippen molar-refractivity contribution in [3.05, 3.63) is 230 Å². The summed E-state index contributed by atoms with van der Waals surface area (Å²) in [5.74, 6) is 6.78. The fraction of sp³-hybridized carbons (Fsp3) is 0.0588. The molecule has 3 aromatic heterocycles. The van der Waals surface area contributed by atoms with Gasteiger partial charge in [0.15, 0.2) is 52.4 Å². The van der Waals surface area contributed by atoms with Crippen molar-refractivity contribution in [3.63, 3.8) is 0 Å². The predicted molar refractivity (Wildman–Crippen MR) is 325 cm³/mol. The van der Waals surface area contributed by atoms with E-state index in [-0.39, 0.29) is 17.2 Å². The Bertz CT molecular complexity index is 4150. The van der Waals surface area contributed by atoms with Crippen molar-refractivity contribution >= 4 is 6.29 Å². The van der Waals surface area contributed by atoms with E-state index in [1.807, 2.05) is 170 Å². The summed E-state index contributed by atoms with van der Waals surface area (Å²) in [5, 5.41) is 31.0. The quantitative estimate of drug-likeness (QED) is 0.0859. The number of phenols is 3. The molecular formula is C68H53N9O8. The lowest BCUT2D eigenvalue weighted by Gasteiger charge is -2.12. The van der Waals surface area contributed by atoms with E-state index in [4.69, 9.17) is 18.9 Å². The van der Waals surface area contributed by atoms with Crippen molar-refractivity contribution in [2.75, 3.05) is 28.4 Å². The molecule has 0 spiro atoms. The molecule has 0 amide bonds. The summed E-state index contributed by atoms with van der Waals surface area (Å²) >= 11 is 0. The van der Waals surface area contributed by atoms with Crippen molar-refractivity contribution in [1.29, 1.82) is 0 Å². The molecule has 3 N–H and O–H groups in total. The molecule has 0 aliphatic carbocycles. The maximum atomic E-state index is 10.9. The highest BCUT2D eigenvalue weighted by atomic mass is 16.5. The Labute approximate surface area is 489 Å². The van der Waals surface area contributed by atoms with Crippen molar-refractivity contribution in [1.82, 2.24) is 44.9 Å². The summed E-state index contributed by atoms with van der Waals surface area (Å²) in [6.45, 7) is 0. The molecule has 12 aromatic rings. The molecule has 0 aliphatic rings. The number of hydrogen-bond donors (Lipinski definition) is 3. The number of carbonyl (C=O) groups is 1. The molecule has 418 valence electrons. The van der Waals surface area contributed by atoms with Gasteiger partial charge in [-0.1, -0.05) is 127 Å². The van der Waals surface area contributed by atoms with Gasteiger partial charge < -0.3 is 34.3 Å². The van der Waals surface area contributed by atoms with Gasteiger partial charge in [0.1, 0.15) is 46.5 Å². The third-order valence-electron chi connectivity index (χ3n) is 13.1. The van der Waals surface area contributed by atoms with Crippen LogP contribution in [0.4, 0.5) is 0 Å². The van der Waals surface area contributed by atoms with Crippen LogP contribution in [0.1, 0.15) is 10.4 Å². The van der Waals surface area contributed by atoms with E-state index < -0.39 is 0 Å². The molecule has 17 nitrogen and oxygen atoms in total. The minimum Gasteiger partial charge on any atom is -0.507 e. The normalized spacial score (nSPS) is 10.5. The number of aromatic nitrogens is 9. The van der Waals surface area contributed by atoms with E-state index in [1.165, 1.54) is 6.07 Å². The highest BCUT2D eigenvalue weighted by Crippen LogP contribution is 2.37. The fourth-order valence-corrected chi connectivity index (χ4v) is 8.78. The summed E-state index contributed by atoms with van der Waals surface area (Å²) < 4.78 is 21.7. The van der Waals surface area contributed by atoms with Crippen LogP contribution in [0.3, 0.4) is 0 Å². The molecule has 0 unspecified atom stereocenters. The van der Waals surface area contributed by atoms with Crippen molar-refractivity contribution < 1.29 is 39.1 Å². The first-order valence-electron chi connectivity index (χ1n) is 26.4. The average Bonchev–Trinajstić information content (AvgIpc) is 3.22. The number of para-hydroxylation sites is 5. The maximum absolute atomic E-state index is 10.9. The topological polar surface area (TPSA) is 231 Å². The summed E-state index contributed by atoms with van der Waals surface area (Å²) in [6.07, 6.45) is 0.682. The number of rotatable bonds is 14. The highest BCUT2D eigenvalue weighted by molar-refractivity contribution is 5.80. The van der Waals surface area contributed by atoms with Gasteiger partial charge in [0.05, 0.1) is 61.8 Å². The number of aromatic hydroxyl groups is 3. The van der Waals surface area contributed by atoms with Gasteiger partial charge in [-0.05, 0) is 97.1 Å². The number of benzene rings is 9. The number of carbonyl (C=O) groups excluding carboxylic acids is 1. The second-order valence-corrected chi connectivity index (χ2v) is 18.4. The Morgan fingerprint density at radius 1 is 0.282 bits per heavy atom. The summed E-state index contributed by atoms with van der Waals surface area (Å²) in [6, 6.07) is 67.8. The zero-order valence-corrected chi connectivity index (χ0v) is 46.3. The first kappa shape index (κ1) is 56.6. The van der Waals surface area contributed by atoms with Gasteiger partial charge in [-0.3, -0.25) is 4.79 Å². The third kappa shape index (κ3) is 13.2. The molecular weight excluding hydrogens is 1070 g/mol. The van der Waals surface area contributed by atoms with Gasteiger partial charge in [0, 0.05) is 22.3 Å². The van der Waals surface area contributed by atoms with Gasteiger partial charge >= 0.3 is 0 Å². The van der Waals surface area contributed by atoms with E-state index in [0.29, 0.717) is 98.2 Å². The molecule has 0 radical (unpaired) electrons. The summed E-state index contributed by atoms with van der Waals surface area (Å²) in [4.78, 5) is 52.4. The molecule has 0 aliphatic heterocycles. The van der Waals surface area contributed by atoms with Gasteiger partial charge in [-0.25, -0.2) is 44.9 Å². The highest BCUT2D eigenvalue weighted by Gasteiger charge is 2.20. The maximum Gasteiger partial charge on any atom is 0.167 e. The molecule has 17 heteroatoms. The van der Waals surface area contributed by atoms with E-state index in [0.717, 1.165) is 39.1 Å². The monoisotopic (exact) mass is 1120 g/mol. The number of aldehydes is 1. The summed E-state index contributed by atoms with van der Waals surface area (Å²) in [7, 11) is 6.43. The van der Waals surface area contributed by atoms with Crippen molar-refractivity contribution in [3.8, 4) is 143 Å². The Balaban J connectivity index is 0.000000142. The number of nitrogens with zero attached hydrogens (tertiary/aromatic N) is 9. The van der Waals surface area contributed by atoms with Gasteiger partial charge in [-0.15, -0.1) is 0 Å². The molecule has 0 fully saturated rings. The van der Waals surface area contributed by atoms with Gasteiger partial charge in [0.25, 0.3) is 0 Å². The SMILES string of the molecule is COc1ccc(-c2nc(-c3ccccc3O)nc(-c3ccccc3OC)n2)cc1.COc1ccccc1-c1nc(-c2ccccc2O)nc(-c2ccccc2OC)n1.O=Cc1ccc(-c2nc(-c3ccccc3)nc(-c3ccccc3)n2)c(O)c1. The molecule has 0 bridgehead atoms.